The summed E-state index contributed by atoms with van der Waals surface area (Å²) in [6.07, 6.45) is -5.65. The molecule has 20 heavy (non-hydrogen) atoms. The number of carbonyl (C=O) groups is 1. The standard InChI is InChI=1S/C13H12ClF4NO/c14-9-2-1-3-10(15)8(9)6-11(20)12(13(16,17)18)4-5-19-7-12/h1-3,19H,4-7H2. The maximum Gasteiger partial charge on any atom is 0.402 e. The molecule has 2 rings (SSSR count). The number of rotatable bonds is 3. The number of nitrogens with one attached hydrogen (secondary N) is 1. The van der Waals surface area contributed by atoms with Crippen molar-refractivity contribution in [3.8, 4) is 0 Å². The van der Waals surface area contributed by atoms with Gasteiger partial charge in [0.2, 0.25) is 0 Å². The average Bonchev–Trinajstić information content (AvgIpc) is 2.83. The van der Waals surface area contributed by atoms with E-state index < -0.39 is 36.2 Å². The summed E-state index contributed by atoms with van der Waals surface area (Å²) < 4.78 is 53.1. The van der Waals surface area contributed by atoms with Crippen LogP contribution in [0.4, 0.5) is 17.6 Å². The van der Waals surface area contributed by atoms with Crippen LogP contribution in [0.1, 0.15) is 12.0 Å². The Hall–Kier alpha value is -1.14. The predicted octanol–water partition coefficient (Wildman–Crippen LogP) is 3.13. The van der Waals surface area contributed by atoms with Crippen LogP contribution in [-0.2, 0) is 11.2 Å². The Morgan fingerprint density at radius 2 is 2.10 bits per heavy atom. The molecule has 1 heterocycles. The first kappa shape index (κ1) is 15.3. The number of carbonyl (C=O) groups excluding carboxylic acids is 1. The number of alkyl halides is 3. The van der Waals surface area contributed by atoms with Gasteiger partial charge in [-0.2, -0.15) is 13.2 Å². The fraction of sp³-hybridized carbons (Fsp3) is 0.462. The first-order valence-corrected chi connectivity index (χ1v) is 6.39. The Labute approximate surface area is 118 Å². The molecular formula is C13H12ClF4NO. The van der Waals surface area contributed by atoms with Crippen LogP contribution in [-0.4, -0.2) is 25.0 Å². The fourth-order valence-corrected chi connectivity index (χ4v) is 2.59. The minimum atomic E-state index is -4.66. The van der Waals surface area contributed by atoms with Crippen molar-refractivity contribution in [2.75, 3.05) is 13.1 Å². The maximum atomic E-state index is 13.6. The smallest absolute Gasteiger partial charge is 0.315 e. The second kappa shape index (κ2) is 5.33. The maximum absolute atomic E-state index is 13.6. The molecule has 1 aromatic carbocycles. The van der Waals surface area contributed by atoms with Crippen molar-refractivity contribution < 1.29 is 22.4 Å². The van der Waals surface area contributed by atoms with Crippen molar-refractivity contribution in [1.82, 2.24) is 5.32 Å². The van der Waals surface area contributed by atoms with Gasteiger partial charge in [0.1, 0.15) is 11.2 Å². The Kier molecular flexibility index (Phi) is 4.07. The third-order valence-electron chi connectivity index (χ3n) is 3.63. The SMILES string of the molecule is O=C(Cc1c(F)cccc1Cl)C1(C(F)(F)F)CCNC1. The van der Waals surface area contributed by atoms with E-state index in [1.54, 1.807) is 0 Å². The summed E-state index contributed by atoms with van der Waals surface area (Å²) in [5.41, 5.74) is -2.63. The van der Waals surface area contributed by atoms with E-state index in [0.717, 1.165) is 6.07 Å². The van der Waals surface area contributed by atoms with E-state index in [9.17, 15) is 22.4 Å². The lowest BCUT2D eigenvalue weighted by Crippen LogP contribution is -2.47. The second-order valence-corrected chi connectivity index (χ2v) is 5.21. The van der Waals surface area contributed by atoms with Crippen molar-refractivity contribution in [3.63, 3.8) is 0 Å². The number of Topliss-reactive ketones (excluding diaryl/α,β-unsaturated/α-hetero) is 1. The summed E-state index contributed by atoms with van der Waals surface area (Å²) in [5, 5.41) is 2.51. The van der Waals surface area contributed by atoms with Gasteiger partial charge in [0.05, 0.1) is 0 Å². The molecule has 0 radical (unpaired) electrons. The van der Waals surface area contributed by atoms with Gasteiger partial charge in [0, 0.05) is 23.6 Å². The lowest BCUT2D eigenvalue weighted by atomic mass is 9.79. The lowest BCUT2D eigenvalue weighted by molar-refractivity contribution is -0.214. The molecule has 0 amide bonds. The average molecular weight is 310 g/mol. The van der Waals surface area contributed by atoms with Crippen LogP contribution in [0.3, 0.4) is 0 Å². The van der Waals surface area contributed by atoms with Crippen LogP contribution < -0.4 is 5.32 Å². The molecule has 1 saturated heterocycles. The number of halogens is 5. The van der Waals surface area contributed by atoms with Crippen molar-refractivity contribution in [2.45, 2.75) is 19.0 Å². The van der Waals surface area contributed by atoms with Crippen molar-refractivity contribution >= 4 is 17.4 Å². The van der Waals surface area contributed by atoms with Gasteiger partial charge in [-0.15, -0.1) is 0 Å². The van der Waals surface area contributed by atoms with Crippen LogP contribution in [0.5, 0.6) is 0 Å². The van der Waals surface area contributed by atoms with Crippen molar-refractivity contribution in [2.24, 2.45) is 5.41 Å². The van der Waals surface area contributed by atoms with Gasteiger partial charge in [-0.3, -0.25) is 4.79 Å². The van der Waals surface area contributed by atoms with E-state index in [1.165, 1.54) is 12.1 Å². The van der Waals surface area contributed by atoms with E-state index in [-0.39, 0.29) is 23.6 Å². The quantitative estimate of drug-likeness (QED) is 0.869. The molecule has 0 aromatic heterocycles. The summed E-state index contributed by atoms with van der Waals surface area (Å²) in [6.45, 7) is -0.363. The van der Waals surface area contributed by atoms with E-state index in [2.05, 4.69) is 5.32 Å². The zero-order valence-corrected chi connectivity index (χ0v) is 11.1. The molecule has 0 spiro atoms. The molecule has 110 valence electrons. The predicted molar refractivity (Wildman–Crippen MR) is 66.1 cm³/mol. The molecule has 1 unspecified atom stereocenters. The monoisotopic (exact) mass is 309 g/mol. The molecule has 1 fully saturated rings. The Morgan fingerprint density at radius 3 is 2.60 bits per heavy atom. The van der Waals surface area contributed by atoms with Gasteiger partial charge in [-0.05, 0) is 25.1 Å². The van der Waals surface area contributed by atoms with Gasteiger partial charge in [0.25, 0.3) is 0 Å². The van der Waals surface area contributed by atoms with Gasteiger partial charge >= 0.3 is 6.18 Å². The topological polar surface area (TPSA) is 29.1 Å². The van der Waals surface area contributed by atoms with Crippen LogP contribution in [0.25, 0.3) is 0 Å². The summed E-state index contributed by atoms with van der Waals surface area (Å²) in [6, 6.07) is 3.75. The lowest BCUT2D eigenvalue weighted by Gasteiger charge is -2.29. The molecule has 1 N–H and O–H groups in total. The van der Waals surface area contributed by atoms with Crippen LogP contribution >= 0.6 is 11.6 Å². The molecule has 2 nitrogen and oxygen atoms in total. The zero-order chi connectivity index (χ0) is 15.0. The number of ketones is 1. The number of hydrogen-bond donors (Lipinski definition) is 1. The van der Waals surface area contributed by atoms with Gasteiger partial charge in [-0.25, -0.2) is 4.39 Å². The van der Waals surface area contributed by atoms with E-state index in [1.807, 2.05) is 0 Å². The van der Waals surface area contributed by atoms with E-state index in [4.69, 9.17) is 11.6 Å². The van der Waals surface area contributed by atoms with Crippen molar-refractivity contribution in [3.05, 3.63) is 34.6 Å². The van der Waals surface area contributed by atoms with Crippen LogP contribution in [0, 0.1) is 11.2 Å². The Balaban J connectivity index is 2.31. The van der Waals surface area contributed by atoms with Crippen molar-refractivity contribution in [1.29, 1.82) is 0 Å². The molecule has 1 aliphatic heterocycles. The first-order chi connectivity index (χ1) is 9.28. The highest BCUT2D eigenvalue weighted by Gasteiger charge is 2.60. The Morgan fingerprint density at radius 1 is 1.40 bits per heavy atom. The van der Waals surface area contributed by atoms with Gasteiger partial charge in [0.15, 0.2) is 5.78 Å². The third kappa shape index (κ3) is 2.54. The fourth-order valence-electron chi connectivity index (χ4n) is 2.36. The zero-order valence-electron chi connectivity index (χ0n) is 10.4. The Bertz CT molecular complexity index is 503. The molecule has 0 bridgehead atoms. The summed E-state index contributed by atoms with van der Waals surface area (Å²) in [7, 11) is 0. The van der Waals surface area contributed by atoms with Crippen LogP contribution in [0.15, 0.2) is 18.2 Å². The molecular weight excluding hydrogens is 298 g/mol. The molecule has 0 saturated carbocycles. The molecule has 1 aromatic rings. The van der Waals surface area contributed by atoms with E-state index in [0.29, 0.717) is 0 Å². The highest BCUT2D eigenvalue weighted by molar-refractivity contribution is 6.31. The number of hydrogen-bond acceptors (Lipinski definition) is 2. The minimum Gasteiger partial charge on any atom is -0.315 e. The second-order valence-electron chi connectivity index (χ2n) is 4.81. The molecule has 7 heteroatoms. The largest absolute Gasteiger partial charge is 0.402 e. The highest BCUT2D eigenvalue weighted by atomic mass is 35.5. The summed E-state index contributed by atoms with van der Waals surface area (Å²) in [4.78, 5) is 12.1. The summed E-state index contributed by atoms with van der Waals surface area (Å²) in [5.74, 6) is -1.82. The first-order valence-electron chi connectivity index (χ1n) is 6.01. The molecule has 1 atom stereocenters. The molecule has 0 aliphatic carbocycles. The van der Waals surface area contributed by atoms with Crippen LogP contribution in [0.2, 0.25) is 5.02 Å². The van der Waals surface area contributed by atoms with E-state index >= 15 is 0 Å². The van der Waals surface area contributed by atoms with Gasteiger partial charge in [-0.1, -0.05) is 17.7 Å². The summed E-state index contributed by atoms with van der Waals surface area (Å²) >= 11 is 5.75. The number of benzene rings is 1. The van der Waals surface area contributed by atoms with Gasteiger partial charge < -0.3 is 5.32 Å². The normalized spacial score (nSPS) is 23.1. The minimum absolute atomic E-state index is 0.0402. The third-order valence-corrected chi connectivity index (χ3v) is 3.98. The molecule has 1 aliphatic rings. The highest BCUT2D eigenvalue weighted by Crippen LogP contribution is 2.44.